The van der Waals surface area contributed by atoms with Crippen LogP contribution in [0.3, 0.4) is 0 Å². The van der Waals surface area contributed by atoms with Gasteiger partial charge in [-0.05, 0) is 37.0 Å². The van der Waals surface area contributed by atoms with Crippen molar-refractivity contribution in [2.45, 2.75) is 31.8 Å². The number of amides is 2. The number of carbonyl (C=O) groups excluding carboxylic acids is 1. The fourth-order valence-electron chi connectivity index (χ4n) is 2.34. The number of aliphatic hydroxyl groups is 1. The Kier molecular flexibility index (Phi) is 4.74. The maximum Gasteiger partial charge on any atom is 0.317 e. The van der Waals surface area contributed by atoms with Gasteiger partial charge in [-0.1, -0.05) is 12.1 Å². The Labute approximate surface area is 112 Å². The van der Waals surface area contributed by atoms with Crippen molar-refractivity contribution in [3.8, 4) is 0 Å². The molecule has 0 radical (unpaired) electrons. The lowest BCUT2D eigenvalue weighted by Crippen LogP contribution is -2.49. The third-order valence-electron chi connectivity index (χ3n) is 3.46. The molecule has 0 bridgehead atoms. The summed E-state index contributed by atoms with van der Waals surface area (Å²) >= 11 is 0. The molecule has 2 rings (SSSR count). The highest BCUT2D eigenvalue weighted by Gasteiger charge is 2.25. The first-order valence-electron chi connectivity index (χ1n) is 6.60. The molecule has 1 saturated heterocycles. The van der Waals surface area contributed by atoms with E-state index in [1.807, 2.05) is 0 Å². The standard InChI is InChI=1S/C14H19FN2O2/c15-12-6-4-11(5-7-12)9-16-14(19)17-8-2-1-3-13(17)10-18/h4-7,13,18H,1-3,8-10H2,(H,16,19). The van der Waals surface area contributed by atoms with E-state index < -0.39 is 0 Å². The van der Waals surface area contributed by atoms with E-state index in [1.54, 1.807) is 17.0 Å². The molecule has 2 amide bonds. The van der Waals surface area contributed by atoms with Crippen LogP contribution in [0.4, 0.5) is 9.18 Å². The quantitative estimate of drug-likeness (QED) is 0.877. The molecule has 1 aromatic carbocycles. The predicted octanol–water partition coefficient (Wildman–Crippen LogP) is 1.88. The third-order valence-corrected chi connectivity index (χ3v) is 3.46. The number of benzene rings is 1. The Morgan fingerprint density at radius 1 is 1.37 bits per heavy atom. The van der Waals surface area contributed by atoms with Crippen LogP contribution >= 0.6 is 0 Å². The summed E-state index contributed by atoms with van der Waals surface area (Å²) in [5.41, 5.74) is 0.854. The highest BCUT2D eigenvalue weighted by Crippen LogP contribution is 2.16. The van der Waals surface area contributed by atoms with Crippen LogP contribution in [0.2, 0.25) is 0 Å². The molecule has 1 aliphatic heterocycles. The summed E-state index contributed by atoms with van der Waals surface area (Å²) in [7, 11) is 0. The van der Waals surface area contributed by atoms with Gasteiger partial charge in [-0.15, -0.1) is 0 Å². The molecular weight excluding hydrogens is 247 g/mol. The maximum atomic E-state index is 12.8. The highest BCUT2D eigenvalue weighted by atomic mass is 19.1. The number of hydrogen-bond donors (Lipinski definition) is 2. The molecule has 0 saturated carbocycles. The minimum atomic E-state index is -0.286. The Morgan fingerprint density at radius 3 is 2.79 bits per heavy atom. The molecule has 0 aliphatic carbocycles. The van der Waals surface area contributed by atoms with E-state index in [9.17, 15) is 14.3 Å². The van der Waals surface area contributed by atoms with E-state index >= 15 is 0 Å². The zero-order valence-electron chi connectivity index (χ0n) is 10.8. The van der Waals surface area contributed by atoms with Crippen LogP contribution < -0.4 is 5.32 Å². The summed E-state index contributed by atoms with van der Waals surface area (Å²) in [6.45, 7) is 1.05. The summed E-state index contributed by atoms with van der Waals surface area (Å²) in [6, 6.07) is 5.80. The average molecular weight is 266 g/mol. The summed E-state index contributed by atoms with van der Waals surface area (Å²) in [5, 5.41) is 12.1. The minimum Gasteiger partial charge on any atom is -0.394 e. The SMILES string of the molecule is O=C(NCc1ccc(F)cc1)N1CCCCC1CO. The van der Waals surface area contributed by atoms with Crippen molar-refractivity contribution in [3.05, 3.63) is 35.6 Å². The number of urea groups is 1. The van der Waals surface area contributed by atoms with Crippen molar-refractivity contribution in [2.24, 2.45) is 0 Å². The number of rotatable bonds is 3. The van der Waals surface area contributed by atoms with Crippen LogP contribution in [0.25, 0.3) is 0 Å². The van der Waals surface area contributed by atoms with Crippen molar-refractivity contribution in [1.29, 1.82) is 0 Å². The van der Waals surface area contributed by atoms with E-state index in [0.717, 1.165) is 24.8 Å². The molecule has 1 heterocycles. The van der Waals surface area contributed by atoms with Crippen LogP contribution in [0, 0.1) is 5.82 Å². The van der Waals surface area contributed by atoms with Gasteiger partial charge in [0.25, 0.3) is 0 Å². The van der Waals surface area contributed by atoms with Crippen molar-refractivity contribution >= 4 is 6.03 Å². The Balaban J connectivity index is 1.87. The lowest BCUT2D eigenvalue weighted by atomic mass is 10.0. The molecule has 5 heteroatoms. The van der Waals surface area contributed by atoms with E-state index in [4.69, 9.17) is 0 Å². The van der Waals surface area contributed by atoms with Crippen LogP contribution in [-0.2, 0) is 6.54 Å². The monoisotopic (exact) mass is 266 g/mol. The number of carbonyl (C=O) groups is 1. The summed E-state index contributed by atoms with van der Waals surface area (Å²) < 4.78 is 12.8. The van der Waals surface area contributed by atoms with E-state index in [2.05, 4.69) is 5.32 Å². The molecule has 1 atom stereocenters. The molecular formula is C14H19FN2O2. The van der Waals surface area contributed by atoms with Crippen molar-refractivity contribution < 1.29 is 14.3 Å². The van der Waals surface area contributed by atoms with Gasteiger partial charge in [0.05, 0.1) is 12.6 Å². The second-order valence-electron chi connectivity index (χ2n) is 4.81. The van der Waals surface area contributed by atoms with Gasteiger partial charge in [-0.25, -0.2) is 9.18 Å². The number of nitrogens with one attached hydrogen (secondary N) is 1. The zero-order chi connectivity index (χ0) is 13.7. The molecule has 2 N–H and O–H groups in total. The van der Waals surface area contributed by atoms with Crippen molar-refractivity contribution in [1.82, 2.24) is 10.2 Å². The number of halogens is 1. The lowest BCUT2D eigenvalue weighted by molar-refractivity contribution is 0.108. The van der Waals surface area contributed by atoms with Gasteiger partial charge in [0.15, 0.2) is 0 Å². The van der Waals surface area contributed by atoms with Crippen LogP contribution in [0.5, 0.6) is 0 Å². The van der Waals surface area contributed by atoms with Gasteiger partial charge in [0, 0.05) is 13.1 Å². The van der Waals surface area contributed by atoms with E-state index in [-0.39, 0.29) is 24.5 Å². The summed E-state index contributed by atoms with van der Waals surface area (Å²) in [4.78, 5) is 13.7. The van der Waals surface area contributed by atoms with E-state index in [0.29, 0.717) is 13.1 Å². The smallest absolute Gasteiger partial charge is 0.317 e. The highest BCUT2D eigenvalue weighted by molar-refractivity contribution is 5.74. The van der Waals surface area contributed by atoms with Crippen molar-refractivity contribution in [3.63, 3.8) is 0 Å². The second-order valence-corrected chi connectivity index (χ2v) is 4.81. The predicted molar refractivity (Wildman–Crippen MR) is 70.1 cm³/mol. The number of likely N-dealkylation sites (tertiary alicyclic amines) is 1. The van der Waals surface area contributed by atoms with Crippen LogP contribution in [0.1, 0.15) is 24.8 Å². The average Bonchev–Trinajstić information content (AvgIpc) is 2.46. The van der Waals surface area contributed by atoms with Crippen LogP contribution in [0.15, 0.2) is 24.3 Å². The van der Waals surface area contributed by atoms with Gasteiger partial charge in [-0.3, -0.25) is 0 Å². The van der Waals surface area contributed by atoms with Gasteiger partial charge >= 0.3 is 6.03 Å². The van der Waals surface area contributed by atoms with E-state index in [1.165, 1.54) is 12.1 Å². The van der Waals surface area contributed by atoms with Crippen molar-refractivity contribution in [2.75, 3.05) is 13.2 Å². The number of aliphatic hydroxyl groups excluding tert-OH is 1. The van der Waals surface area contributed by atoms with Gasteiger partial charge < -0.3 is 15.3 Å². The molecule has 1 aromatic rings. The molecule has 0 spiro atoms. The molecule has 19 heavy (non-hydrogen) atoms. The van der Waals surface area contributed by atoms with Crippen LogP contribution in [-0.4, -0.2) is 35.2 Å². The Hall–Kier alpha value is -1.62. The largest absolute Gasteiger partial charge is 0.394 e. The first-order chi connectivity index (χ1) is 9.20. The molecule has 1 unspecified atom stereocenters. The molecule has 1 fully saturated rings. The van der Waals surface area contributed by atoms with Gasteiger partial charge in [0.2, 0.25) is 0 Å². The number of hydrogen-bond acceptors (Lipinski definition) is 2. The molecule has 104 valence electrons. The third kappa shape index (κ3) is 3.67. The van der Waals surface area contributed by atoms with Gasteiger partial charge in [-0.2, -0.15) is 0 Å². The fraction of sp³-hybridized carbons (Fsp3) is 0.500. The minimum absolute atomic E-state index is 0.00394. The zero-order valence-corrected chi connectivity index (χ0v) is 10.8. The molecule has 1 aliphatic rings. The van der Waals surface area contributed by atoms with Gasteiger partial charge in [0.1, 0.15) is 5.82 Å². The maximum absolute atomic E-state index is 12.8. The lowest BCUT2D eigenvalue weighted by Gasteiger charge is -2.34. The second kappa shape index (κ2) is 6.52. The fourth-order valence-corrected chi connectivity index (χ4v) is 2.34. The first kappa shape index (κ1) is 13.8. The normalized spacial score (nSPS) is 19.3. The molecule has 4 nitrogen and oxygen atoms in total. The Morgan fingerprint density at radius 2 is 2.11 bits per heavy atom. The topological polar surface area (TPSA) is 52.6 Å². The summed E-state index contributed by atoms with van der Waals surface area (Å²) in [6.07, 6.45) is 2.87. The first-order valence-corrected chi connectivity index (χ1v) is 6.60. The number of piperidine rings is 1. The number of nitrogens with zero attached hydrogens (tertiary/aromatic N) is 1. The molecule has 0 aromatic heterocycles. The Bertz CT molecular complexity index is 422. The summed E-state index contributed by atoms with van der Waals surface area (Å²) in [5.74, 6) is -0.286.